The number of aliphatic hydroxyl groups is 1. The number of carbonyl (C=O) groups is 2. The Bertz CT molecular complexity index is 1950. The van der Waals surface area contributed by atoms with Gasteiger partial charge in [-0.3, -0.25) is 19.5 Å². The number of hydrogen-bond acceptors (Lipinski definition) is 10. The van der Waals surface area contributed by atoms with Crippen LogP contribution >= 0.6 is 0 Å². The molecule has 1 spiro atoms. The van der Waals surface area contributed by atoms with Crippen molar-refractivity contribution in [2.24, 2.45) is 0 Å². The Morgan fingerprint density at radius 1 is 0.929 bits per heavy atom. The molecule has 1 aliphatic heterocycles. The maximum atomic E-state index is 15.6. The summed E-state index contributed by atoms with van der Waals surface area (Å²) in [4.78, 5) is 36.6. The summed E-state index contributed by atoms with van der Waals surface area (Å²) in [6.45, 7) is 1.63. The Kier molecular flexibility index (Phi) is 12.9. The van der Waals surface area contributed by atoms with Gasteiger partial charge in [0, 0.05) is 52.0 Å². The van der Waals surface area contributed by atoms with Crippen LogP contribution in [0, 0.1) is 11.6 Å². The number of ether oxygens (including phenoxy) is 3. The van der Waals surface area contributed by atoms with Crippen molar-refractivity contribution in [3.63, 3.8) is 0 Å². The summed E-state index contributed by atoms with van der Waals surface area (Å²) in [5, 5.41) is 15.9. The molecule has 5 rings (SSSR count). The summed E-state index contributed by atoms with van der Waals surface area (Å²) < 4.78 is 128. The summed E-state index contributed by atoms with van der Waals surface area (Å²) in [6, 6.07) is 4.54. The van der Waals surface area contributed by atoms with Gasteiger partial charge in [0.05, 0.1) is 42.2 Å². The number of carbonyl (C=O) groups excluding carboxylic acids is 2. The van der Waals surface area contributed by atoms with Crippen molar-refractivity contribution in [3.05, 3.63) is 82.5 Å². The molecule has 1 saturated carbocycles. The molecule has 0 radical (unpaired) electrons. The van der Waals surface area contributed by atoms with Crippen LogP contribution in [0.15, 0.2) is 54.1 Å². The normalized spacial score (nSPS) is 16.1. The number of aliphatic hydroxyl groups excluding tert-OH is 1. The monoisotopic (exact) mass is 802 g/mol. The lowest BCUT2D eigenvalue weighted by atomic mass is 9.72. The van der Waals surface area contributed by atoms with E-state index in [1.165, 1.54) is 24.2 Å². The number of alkyl halides is 6. The molecule has 0 unspecified atom stereocenters. The maximum absolute atomic E-state index is 15.6. The fourth-order valence-electron chi connectivity index (χ4n) is 6.35. The zero-order valence-electron chi connectivity index (χ0n) is 30.4. The Labute approximate surface area is 315 Å². The Hall–Kier alpha value is -4.92. The number of rotatable bonds is 15. The molecule has 2 amide bonds. The summed E-state index contributed by atoms with van der Waals surface area (Å²) >= 11 is 0. The van der Waals surface area contributed by atoms with Gasteiger partial charge < -0.3 is 24.6 Å². The average molecular weight is 803 g/mol. The summed E-state index contributed by atoms with van der Waals surface area (Å²) in [6.07, 6.45) is -8.48. The van der Waals surface area contributed by atoms with Gasteiger partial charge in [-0.1, -0.05) is 6.07 Å². The molecule has 2 heterocycles. The van der Waals surface area contributed by atoms with Crippen LogP contribution in [-0.4, -0.2) is 108 Å². The maximum Gasteiger partial charge on any atom is 0.433 e. The van der Waals surface area contributed by atoms with E-state index in [1.807, 2.05) is 4.90 Å². The number of likely N-dealkylation sites (N-methyl/N-ethyl adjacent to an activating group) is 1. The lowest BCUT2D eigenvalue weighted by Crippen LogP contribution is -2.65. The molecule has 20 heteroatoms. The topological polar surface area (TPSA) is 130 Å². The van der Waals surface area contributed by atoms with Crippen molar-refractivity contribution in [1.29, 1.82) is 0 Å². The predicted octanol–water partition coefficient (Wildman–Crippen LogP) is 6.00. The molecule has 304 valence electrons. The van der Waals surface area contributed by atoms with E-state index in [1.54, 1.807) is 14.2 Å². The highest BCUT2D eigenvalue weighted by molar-refractivity contribution is 6.24. The number of anilines is 1. The first-order chi connectivity index (χ1) is 26.4. The highest BCUT2D eigenvalue weighted by Crippen LogP contribution is 2.47. The molecule has 1 aromatic heterocycles. The number of amides is 2. The first-order valence-corrected chi connectivity index (χ1v) is 17.1. The SMILES string of the molecule is COCCN(CCOC)CCOc1ccc(CN2C(=O)C(C(=O)Nc3ccc(C(F)(F)F)cc3-c3cc(C(F)(F)F)ncn3)=C(O)C3(CCC3)N2C)c(F)c1F. The van der Waals surface area contributed by atoms with Gasteiger partial charge in [-0.05, 0) is 49.6 Å². The number of hydrogen-bond donors (Lipinski definition) is 2. The lowest BCUT2D eigenvalue weighted by molar-refractivity contribution is -0.172. The molecular weight excluding hydrogens is 764 g/mol. The second kappa shape index (κ2) is 17.1. The van der Waals surface area contributed by atoms with Crippen molar-refractivity contribution in [3.8, 4) is 17.0 Å². The van der Waals surface area contributed by atoms with Crippen LogP contribution in [0.1, 0.15) is 36.1 Å². The van der Waals surface area contributed by atoms with Crippen LogP contribution in [0.25, 0.3) is 11.3 Å². The van der Waals surface area contributed by atoms with Gasteiger partial charge in [-0.2, -0.15) is 30.7 Å². The minimum absolute atomic E-state index is 0.0110. The van der Waals surface area contributed by atoms with Gasteiger partial charge in [0.1, 0.15) is 30.0 Å². The number of nitrogens with one attached hydrogen (secondary N) is 1. The molecule has 2 aliphatic rings. The third-order valence-electron chi connectivity index (χ3n) is 9.68. The van der Waals surface area contributed by atoms with E-state index >= 15 is 8.78 Å². The quantitative estimate of drug-likeness (QED) is 0.140. The van der Waals surface area contributed by atoms with Crippen LogP contribution in [-0.2, 0) is 38.0 Å². The first-order valence-electron chi connectivity index (χ1n) is 17.1. The number of aromatic nitrogens is 2. The Balaban J connectivity index is 1.42. The van der Waals surface area contributed by atoms with E-state index in [0.29, 0.717) is 63.8 Å². The molecule has 56 heavy (non-hydrogen) atoms. The molecule has 0 bridgehead atoms. The van der Waals surface area contributed by atoms with E-state index in [9.17, 15) is 41.0 Å². The third kappa shape index (κ3) is 8.87. The number of hydrazine groups is 1. The predicted molar refractivity (Wildman–Crippen MR) is 183 cm³/mol. The first kappa shape index (κ1) is 42.2. The zero-order chi connectivity index (χ0) is 41.0. The molecule has 3 aromatic rings. The second-order valence-electron chi connectivity index (χ2n) is 13.0. The van der Waals surface area contributed by atoms with E-state index < -0.39 is 93.2 Å². The Morgan fingerprint density at radius 3 is 2.18 bits per heavy atom. The van der Waals surface area contributed by atoms with Gasteiger partial charge >= 0.3 is 12.4 Å². The van der Waals surface area contributed by atoms with Crippen LogP contribution in [0.3, 0.4) is 0 Å². The Morgan fingerprint density at radius 2 is 1.59 bits per heavy atom. The van der Waals surface area contributed by atoms with Gasteiger partial charge in [0.2, 0.25) is 5.82 Å². The molecule has 2 N–H and O–H groups in total. The van der Waals surface area contributed by atoms with Crippen molar-refractivity contribution < 1.29 is 64.0 Å². The molecule has 1 aliphatic carbocycles. The van der Waals surface area contributed by atoms with Crippen LogP contribution in [0.5, 0.6) is 5.75 Å². The van der Waals surface area contributed by atoms with E-state index in [2.05, 4.69) is 15.3 Å². The lowest BCUT2D eigenvalue weighted by Gasteiger charge is -2.54. The highest BCUT2D eigenvalue weighted by atomic mass is 19.4. The van der Waals surface area contributed by atoms with Gasteiger partial charge in [-0.15, -0.1) is 0 Å². The fourth-order valence-corrected chi connectivity index (χ4v) is 6.35. The molecule has 1 fully saturated rings. The average Bonchev–Trinajstić information content (AvgIpc) is 3.12. The molecular formula is C36H38F8N6O6. The van der Waals surface area contributed by atoms with Crippen molar-refractivity contribution in [2.45, 2.75) is 43.7 Å². The molecule has 12 nitrogen and oxygen atoms in total. The number of methoxy groups -OCH3 is 2. The van der Waals surface area contributed by atoms with Crippen molar-refractivity contribution >= 4 is 17.5 Å². The summed E-state index contributed by atoms with van der Waals surface area (Å²) in [5.41, 5.74) is -7.01. The van der Waals surface area contributed by atoms with E-state index in [0.717, 1.165) is 11.1 Å². The van der Waals surface area contributed by atoms with Crippen molar-refractivity contribution in [2.75, 3.05) is 66.0 Å². The zero-order valence-corrected chi connectivity index (χ0v) is 30.4. The summed E-state index contributed by atoms with van der Waals surface area (Å²) in [7, 11) is 4.50. The van der Waals surface area contributed by atoms with Crippen LogP contribution in [0.2, 0.25) is 0 Å². The molecule has 0 atom stereocenters. The molecule has 2 aromatic carbocycles. The largest absolute Gasteiger partial charge is 0.509 e. The van der Waals surface area contributed by atoms with E-state index in [-0.39, 0.29) is 25.0 Å². The summed E-state index contributed by atoms with van der Waals surface area (Å²) in [5.74, 6) is -6.26. The number of benzene rings is 2. The third-order valence-corrected chi connectivity index (χ3v) is 9.68. The highest BCUT2D eigenvalue weighted by Gasteiger charge is 2.55. The van der Waals surface area contributed by atoms with Crippen molar-refractivity contribution in [1.82, 2.24) is 24.9 Å². The minimum Gasteiger partial charge on any atom is -0.509 e. The standard InChI is InChI=1S/C36H38F8N6O6/c1-48-34(9-4-10-34)31(51)28(32(52)47-24-7-6-22(35(39,40)41)17-23(24)25-18-27(36(42,43)44)46-20-45-25)33(53)50(48)19-21-5-8-26(30(38)29(21)37)56-16-13-49(11-14-54-2)12-15-55-3/h5-8,17-18,20,51H,4,9-16,19H2,1-3H3,(H,47,52). The second-order valence-corrected chi connectivity index (χ2v) is 13.0. The number of halogens is 8. The van der Waals surface area contributed by atoms with Gasteiger partial charge in [0.15, 0.2) is 11.6 Å². The van der Waals surface area contributed by atoms with E-state index in [4.69, 9.17) is 14.2 Å². The van der Waals surface area contributed by atoms with Crippen LogP contribution in [0.4, 0.5) is 40.8 Å². The fraction of sp³-hybridized carbons (Fsp3) is 0.444. The number of nitrogens with zero attached hydrogens (tertiary/aromatic N) is 5. The minimum atomic E-state index is -4.99. The van der Waals surface area contributed by atoms with Gasteiger partial charge in [0.25, 0.3) is 11.8 Å². The van der Waals surface area contributed by atoms with Crippen LogP contribution < -0.4 is 10.1 Å². The smallest absolute Gasteiger partial charge is 0.433 e. The molecule has 0 saturated heterocycles. The van der Waals surface area contributed by atoms with Gasteiger partial charge in [-0.25, -0.2) is 19.4 Å².